The highest BCUT2D eigenvalue weighted by atomic mass is 16.1. The lowest BCUT2D eigenvalue weighted by molar-refractivity contribution is 0.0950. The van der Waals surface area contributed by atoms with Crippen molar-refractivity contribution in [3.8, 4) is 0 Å². The number of pyridine rings is 1. The second-order valence-corrected chi connectivity index (χ2v) is 4.78. The van der Waals surface area contributed by atoms with Crippen molar-refractivity contribution < 1.29 is 4.79 Å². The Hall–Kier alpha value is -2.69. The van der Waals surface area contributed by atoms with Crippen LogP contribution in [0.15, 0.2) is 42.9 Å². The molecule has 0 aliphatic carbocycles. The van der Waals surface area contributed by atoms with Crippen molar-refractivity contribution >= 4 is 16.9 Å². The molecule has 1 amide bonds. The van der Waals surface area contributed by atoms with E-state index in [4.69, 9.17) is 0 Å². The molecule has 3 aromatic rings. The quantitative estimate of drug-likeness (QED) is 0.771. The number of nitrogens with one attached hydrogen (secondary N) is 2. The van der Waals surface area contributed by atoms with E-state index in [1.807, 2.05) is 18.2 Å². The van der Waals surface area contributed by atoms with Gasteiger partial charge in [0.1, 0.15) is 0 Å². The SMILES string of the molecule is CCc1cccnc1CNC(=O)c1ccc2nc[nH]c2c1. The zero-order valence-electron chi connectivity index (χ0n) is 11.8. The monoisotopic (exact) mass is 280 g/mol. The zero-order valence-corrected chi connectivity index (χ0v) is 11.8. The second kappa shape index (κ2) is 5.75. The lowest BCUT2D eigenvalue weighted by Gasteiger charge is -2.08. The van der Waals surface area contributed by atoms with E-state index in [-0.39, 0.29) is 5.91 Å². The number of aryl methyl sites for hydroxylation is 1. The van der Waals surface area contributed by atoms with Gasteiger partial charge in [0.05, 0.1) is 29.6 Å². The molecule has 0 saturated heterocycles. The number of nitrogens with zero attached hydrogens (tertiary/aromatic N) is 2. The average Bonchev–Trinajstić information content (AvgIpc) is 3.00. The molecule has 0 spiro atoms. The van der Waals surface area contributed by atoms with Crippen LogP contribution in [0.5, 0.6) is 0 Å². The molecule has 0 radical (unpaired) electrons. The highest BCUT2D eigenvalue weighted by molar-refractivity contribution is 5.97. The number of amides is 1. The predicted molar refractivity (Wildman–Crippen MR) is 80.9 cm³/mol. The highest BCUT2D eigenvalue weighted by Crippen LogP contribution is 2.12. The third kappa shape index (κ3) is 2.76. The van der Waals surface area contributed by atoms with Gasteiger partial charge >= 0.3 is 0 Å². The van der Waals surface area contributed by atoms with Crippen LogP contribution in [0.2, 0.25) is 0 Å². The Morgan fingerprint density at radius 3 is 3.05 bits per heavy atom. The smallest absolute Gasteiger partial charge is 0.251 e. The van der Waals surface area contributed by atoms with Gasteiger partial charge < -0.3 is 10.3 Å². The van der Waals surface area contributed by atoms with Crippen LogP contribution in [-0.2, 0) is 13.0 Å². The Balaban J connectivity index is 1.74. The molecule has 0 aliphatic heterocycles. The first-order valence-electron chi connectivity index (χ1n) is 6.92. The van der Waals surface area contributed by atoms with Crippen molar-refractivity contribution in [2.75, 3.05) is 0 Å². The number of fused-ring (bicyclic) bond motifs is 1. The van der Waals surface area contributed by atoms with Gasteiger partial charge in [-0.1, -0.05) is 13.0 Å². The summed E-state index contributed by atoms with van der Waals surface area (Å²) in [7, 11) is 0. The molecule has 0 aliphatic rings. The summed E-state index contributed by atoms with van der Waals surface area (Å²) in [6.45, 7) is 2.51. The Labute approximate surface area is 122 Å². The highest BCUT2D eigenvalue weighted by Gasteiger charge is 2.08. The van der Waals surface area contributed by atoms with Gasteiger partial charge in [-0.25, -0.2) is 4.98 Å². The molecule has 5 heteroatoms. The molecule has 5 nitrogen and oxygen atoms in total. The van der Waals surface area contributed by atoms with Crippen LogP contribution in [-0.4, -0.2) is 20.9 Å². The molecule has 106 valence electrons. The number of carbonyl (C=O) groups excluding carboxylic acids is 1. The number of aromatic amines is 1. The molecule has 2 heterocycles. The Morgan fingerprint density at radius 2 is 2.19 bits per heavy atom. The molecule has 0 bridgehead atoms. The fourth-order valence-electron chi connectivity index (χ4n) is 2.30. The van der Waals surface area contributed by atoms with Gasteiger partial charge in [0.25, 0.3) is 5.91 Å². The van der Waals surface area contributed by atoms with Crippen molar-refractivity contribution in [2.45, 2.75) is 19.9 Å². The largest absolute Gasteiger partial charge is 0.346 e. The Morgan fingerprint density at radius 1 is 1.29 bits per heavy atom. The van der Waals surface area contributed by atoms with Gasteiger partial charge in [0.2, 0.25) is 0 Å². The minimum atomic E-state index is -0.112. The fraction of sp³-hybridized carbons (Fsp3) is 0.188. The third-order valence-electron chi connectivity index (χ3n) is 3.46. The van der Waals surface area contributed by atoms with E-state index in [0.29, 0.717) is 12.1 Å². The van der Waals surface area contributed by atoms with E-state index in [2.05, 4.69) is 27.2 Å². The van der Waals surface area contributed by atoms with Crippen LogP contribution >= 0.6 is 0 Å². The lowest BCUT2D eigenvalue weighted by Crippen LogP contribution is -2.24. The number of benzene rings is 1. The molecule has 21 heavy (non-hydrogen) atoms. The molecule has 2 N–H and O–H groups in total. The first kappa shape index (κ1) is 13.3. The standard InChI is InChI=1S/C16H16N4O/c1-2-11-4-3-7-17-15(11)9-18-16(21)12-5-6-13-14(8-12)20-10-19-13/h3-8,10H,2,9H2,1H3,(H,18,21)(H,19,20). The topological polar surface area (TPSA) is 70.7 Å². The van der Waals surface area contributed by atoms with E-state index in [1.54, 1.807) is 24.7 Å². The maximum atomic E-state index is 12.2. The van der Waals surface area contributed by atoms with E-state index in [1.165, 1.54) is 0 Å². The first-order valence-corrected chi connectivity index (χ1v) is 6.92. The van der Waals surface area contributed by atoms with Crippen LogP contribution in [0.1, 0.15) is 28.5 Å². The second-order valence-electron chi connectivity index (χ2n) is 4.78. The summed E-state index contributed by atoms with van der Waals surface area (Å²) in [4.78, 5) is 23.7. The number of carbonyl (C=O) groups is 1. The first-order chi connectivity index (χ1) is 10.3. The van der Waals surface area contributed by atoms with Crippen LogP contribution in [0.3, 0.4) is 0 Å². The summed E-state index contributed by atoms with van der Waals surface area (Å²) in [5.41, 5.74) is 4.39. The normalized spacial score (nSPS) is 10.7. The van der Waals surface area contributed by atoms with Gasteiger partial charge in [-0.2, -0.15) is 0 Å². The lowest BCUT2D eigenvalue weighted by atomic mass is 10.1. The Kier molecular flexibility index (Phi) is 3.64. The summed E-state index contributed by atoms with van der Waals surface area (Å²) in [6, 6.07) is 9.36. The van der Waals surface area contributed by atoms with Crippen LogP contribution in [0, 0.1) is 0 Å². The summed E-state index contributed by atoms with van der Waals surface area (Å²) in [6.07, 6.45) is 4.27. The summed E-state index contributed by atoms with van der Waals surface area (Å²) in [5.74, 6) is -0.112. The Bertz CT molecular complexity index is 779. The van der Waals surface area contributed by atoms with Crippen molar-refractivity contribution in [1.82, 2.24) is 20.3 Å². The fourth-order valence-corrected chi connectivity index (χ4v) is 2.30. The molecule has 2 aromatic heterocycles. The number of hydrogen-bond acceptors (Lipinski definition) is 3. The van der Waals surface area contributed by atoms with Crippen LogP contribution in [0.4, 0.5) is 0 Å². The third-order valence-corrected chi connectivity index (χ3v) is 3.46. The maximum absolute atomic E-state index is 12.2. The molecular formula is C16H16N4O. The van der Waals surface area contributed by atoms with E-state index in [9.17, 15) is 4.79 Å². The summed E-state index contributed by atoms with van der Waals surface area (Å²) >= 11 is 0. The maximum Gasteiger partial charge on any atom is 0.251 e. The summed E-state index contributed by atoms with van der Waals surface area (Å²) < 4.78 is 0. The van der Waals surface area contributed by atoms with Gasteiger partial charge in [-0.05, 0) is 36.2 Å². The van der Waals surface area contributed by atoms with Gasteiger partial charge in [-0.15, -0.1) is 0 Å². The number of aromatic nitrogens is 3. The predicted octanol–water partition coefficient (Wildman–Crippen LogP) is 2.45. The van der Waals surface area contributed by atoms with E-state index < -0.39 is 0 Å². The molecule has 1 aromatic carbocycles. The van der Waals surface area contributed by atoms with Crippen LogP contribution < -0.4 is 5.32 Å². The minimum absolute atomic E-state index is 0.112. The van der Waals surface area contributed by atoms with Gasteiger partial charge in [0, 0.05) is 11.8 Å². The van der Waals surface area contributed by atoms with Crippen molar-refractivity contribution in [3.63, 3.8) is 0 Å². The number of hydrogen-bond donors (Lipinski definition) is 2. The van der Waals surface area contributed by atoms with Gasteiger partial charge in [0.15, 0.2) is 0 Å². The molecule has 3 rings (SSSR count). The number of imidazole rings is 1. The zero-order chi connectivity index (χ0) is 14.7. The van der Waals surface area contributed by atoms with Crippen molar-refractivity contribution in [1.29, 1.82) is 0 Å². The van der Waals surface area contributed by atoms with Crippen LogP contribution in [0.25, 0.3) is 11.0 Å². The number of rotatable bonds is 4. The van der Waals surface area contributed by atoms with E-state index in [0.717, 1.165) is 28.7 Å². The van der Waals surface area contributed by atoms with Gasteiger partial charge in [-0.3, -0.25) is 9.78 Å². The average molecular weight is 280 g/mol. The van der Waals surface area contributed by atoms with Crippen molar-refractivity contribution in [2.24, 2.45) is 0 Å². The molecule has 0 atom stereocenters. The van der Waals surface area contributed by atoms with Crippen molar-refractivity contribution in [3.05, 3.63) is 59.7 Å². The van der Waals surface area contributed by atoms with E-state index >= 15 is 0 Å². The minimum Gasteiger partial charge on any atom is -0.346 e. The molecule has 0 fully saturated rings. The molecular weight excluding hydrogens is 264 g/mol. The number of H-pyrrole nitrogens is 1. The summed E-state index contributed by atoms with van der Waals surface area (Å²) in [5, 5.41) is 2.91. The molecule has 0 saturated carbocycles. The molecule has 0 unspecified atom stereocenters.